The molecule has 0 N–H and O–H groups in total. The molecule has 0 aliphatic carbocycles. The van der Waals surface area contributed by atoms with Gasteiger partial charge in [-0.3, -0.25) is 0 Å². The molecule has 142 valence electrons. The van der Waals surface area contributed by atoms with Crippen LogP contribution in [0, 0.1) is 5.82 Å². The summed E-state index contributed by atoms with van der Waals surface area (Å²) in [6.45, 7) is 3.56. The van der Waals surface area contributed by atoms with Gasteiger partial charge in [0.25, 0.3) is 0 Å². The van der Waals surface area contributed by atoms with Gasteiger partial charge < -0.3 is 18.9 Å². The predicted octanol–water partition coefficient (Wildman–Crippen LogP) is 5.28. The van der Waals surface area contributed by atoms with Crippen LogP contribution in [0.5, 0.6) is 17.2 Å². The highest BCUT2D eigenvalue weighted by molar-refractivity contribution is 5.64. The van der Waals surface area contributed by atoms with Crippen molar-refractivity contribution >= 4 is 5.57 Å². The molecule has 0 bridgehead atoms. The van der Waals surface area contributed by atoms with Gasteiger partial charge in [0.05, 0.1) is 12.9 Å². The lowest BCUT2D eigenvalue weighted by molar-refractivity contribution is 0.240. The largest absolute Gasteiger partial charge is 0.465 e. The molecule has 2 rings (SSSR count). The Hall–Kier alpha value is -3.12. The monoisotopic (exact) mass is 374 g/mol. The van der Waals surface area contributed by atoms with Gasteiger partial charge in [0.1, 0.15) is 30.7 Å². The van der Waals surface area contributed by atoms with E-state index in [9.17, 15) is 8.78 Å². The Morgan fingerprint density at radius 2 is 1.59 bits per heavy atom. The summed E-state index contributed by atoms with van der Waals surface area (Å²) in [4.78, 5) is 0. The summed E-state index contributed by atoms with van der Waals surface area (Å²) in [6.07, 6.45) is 5.05. The molecule has 0 amide bonds. The lowest BCUT2D eigenvalue weighted by Crippen LogP contribution is -1.95. The average Bonchev–Trinajstić information content (AvgIpc) is 2.67. The molecule has 2 aromatic rings. The molecular formula is C21H20F2O4. The molecule has 0 aliphatic rings. The van der Waals surface area contributed by atoms with Crippen LogP contribution in [0.4, 0.5) is 8.78 Å². The van der Waals surface area contributed by atoms with Crippen LogP contribution in [0.25, 0.3) is 5.57 Å². The molecule has 0 aromatic heterocycles. The highest BCUT2D eigenvalue weighted by Crippen LogP contribution is 2.23. The van der Waals surface area contributed by atoms with Gasteiger partial charge in [-0.05, 0) is 53.6 Å². The van der Waals surface area contributed by atoms with Gasteiger partial charge in [-0.1, -0.05) is 12.6 Å². The molecule has 6 heteroatoms. The van der Waals surface area contributed by atoms with E-state index in [0.717, 1.165) is 0 Å². The normalized spacial score (nSPS) is 11.1. The van der Waals surface area contributed by atoms with Gasteiger partial charge in [0.15, 0.2) is 11.6 Å². The van der Waals surface area contributed by atoms with Gasteiger partial charge >= 0.3 is 0 Å². The number of benzene rings is 2. The van der Waals surface area contributed by atoms with Crippen molar-refractivity contribution < 1.29 is 27.7 Å². The zero-order chi connectivity index (χ0) is 19.5. The van der Waals surface area contributed by atoms with Gasteiger partial charge in [0.2, 0.25) is 0 Å². The number of alkyl halides is 1. The minimum Gasteiger partial charge on any atom is -0.465 e. The third-order valence-corrected chi connectivity index (χ3v) is 3.33. The molecule has 0 atom stereocenters. The lowest BCUT2D eigenvalue weighted by atomic mass is 10.1. The smallest absolute Gasteiger partial charge is 0.166 e. The van der Waals surface area contributed by atoms with E-state index in [1.807, 2.05) is 0 Å². The maximum atomic E-state index is 14.0. The van der Waals surface area contributed by atoms with Crippen LogP contribution in [0.1, 0.15) is 5.56 Å². The first kappa shape index (κ1) is 20.2. The number of halogens is 2. The van der Waals surface area contributed by atoms with Crippen LogP contribution >= 0.6 is 0 Å². The molecule has 2 aromatic carbocycles. The molecule has 0 saturated heterocycles. The Balaban J connectivity index is 1.86. The molecule has 0 fully saturated rings. The Kier molecular flexibility index (Phi) is 8.06. The third kappa shape index (κ3) is 6.60. The molecular weight excluding hydrogens is 354 g/mol. The number of hydrogen-bond acceptors (Lipinski definition) is 4. The van der Waals surface area contributed by atoms with E-state index < -0.39 is 12.5 Å². The fourth-order valence-electron chi connectivity index (χ4n) is 2.04. The van der Waals surface area contributed by atoms with Gasteiger partial charge in [-0.25, -0.2) is 8.78 Å². The fourth-order valence-corrected chi connectivity index (χ4v) is 2.04. The minimum absolute atomic E-state index is 0.0622. The first-order chi connectivity index (χ1) is 13.1. The molecule has 0 radical (unpaired) electrons. The molecule has 0 saturated carbocycles. The summed E-state index contributed by atoms with van der Waals surface area (Å²) in [5.41, 5.74) is 1.32. The summed E-state index contributed by atoms with van der Waals surface area (Å²) >= 11 is 0. The number of allylic oxidation sites excluding steroid dienone is 1. The Bertz CT molecular complexity index is 798. The SMILES string of the molecule is C=C(COC)c1ccc(O/C=C\Oc2ccc(O/C=C\CF)cc2)c(F)c1. The van der Waals surface area contributed by atoms with Crippen LogP contribution in [0.3, 0.4) is 0 Å². The topological polar surface area (TPSA) is 36.9 Å². The van der Waals surface area contributed by atoms with E-state index in [4.69, 9.17) is 18.9 Å². The first-order valence-corrected chi connectivity index (χ1v) is 8.06. The fraction of sp³-hybridized carbons (Fsp3) is 0.143. The summed E-state index contributed by atoms with van der Waals surface area (Å²) in [5, 5.41) is 0. The van der Waals surface area contributed by atoms with Crippen LogP contribution in [0.2, 0.25) is 0 Å². The van der Waals surface area contributed by atoms with Crippen LogP contribution < -0.4 is 14.2 Å². The van der Waals surface area contributed by atoms with Crippen LogP contribution in [0.15, 0.2) is 73.9 Å². The minimum atomic E-state index is -0.586. The number of ether oxygens (including phenoxy) is 4. The Morgan fingerprint density at radius 3 is 2.19 bits per heavy atom. The Labute approximate surface area is 156 Å². The van der Waals surface area contributed by atoms with E-state index >= 15 is 0 Å². The highest BCUT2D eigenvalue weighted by Gasteiger charge is 2.06. The van der Waals surface area contributed by atoms with Crippen molar-refractivity contribution in [2.24, 2.45) is 0 Å². The van der Waals surface area contributed by atoms with Crippen molar-refractivity contribution in [1.29, 1.82) is 0 Å². The van der Waals surface area contributed by atoms with E-state index in [1.54, 1.807) is 37.4 Å². The lowest BCUT2D eigenvalue weighted by Gasteiger charge is -2.07. The second-order valence-electron chi connectivity index (χ2n) is 5.30. The number of hydrogen-bond donors (Lipinski definition) is 0. The van der Waals surface area contributed by atoms with E-state index in [-0.39, 0.29) is 5.75 Å². The van der Waals surface area contributed by atoms with Crippen molar-refractivity contribution in [2.75, 3.05) is 20.4 Å². The van der Waals surface area contributed by atoms with Crippen molar-refractivity contribution in [3.8, 4) is 17.2 Å². The van der Waals surface area contributed by atoms with Crippen molar-refractivity contribution in [3.63, 3.8) is 0 Å². The number of methoxy groups -OCH3 is 1. The standard InChI is InChI=1S/C21H20F2O4/c1-16(15-24-2)17-4-9-21(20(23)14-17)27-13-12-26-19-7-5-18(6-8-19)25-11-3-10-22/h3-9,11-14H,1,10,15H2,2H3/b11-3-,13-12-. The molecule has 0 aliphatic heterocycles. The van der Waals surface area contributed by atoms with Crippen molar-refractivity contribution in [1.82, 2.24) is 0 Å². The summed E-state index contributed by atoms with van der Waals surface area (Å²) in [6, 6.07) is 11.2. The second-order valence-corrected chi connectivity index (χ2v) is 5.30. The summed E-state index contributed by atoms with van der Waals surface area (Å²) < 4.78 is 46.7. The maximum absolute atomic E-state index is 14.0. The van der Waals surface area contributed by atoms with Crippen molar-refractivity contribution in [3.05, 3.63) is 85.3 Å². The highest BCUT2D eigenvalue weighted by atomic mass is 19.1. The van der Waals surface area contributed by atoms with Gasteiger partial charge in [0, 0.05) is 7.11 Å². The Morgan fingerprint density at radius 1 is 0.963 bits per heavy atom. The maximum Gasteiger partial charge on any atom is 0.166 e. The zero-order valence-electron chi connectivity index (χ0n) is 14.9. The molecule has 0 spiro atoms. The van der Waals surface area contributed by atoms with E-state index in [1.165, 1.54) is 37.0 Å². The molecule has 0 heterocycles. The van der Waals surface area contributed by atoms with Crippen LogP contribution in [-0.4, -0.2) is 20.4 Å². The summed E-state index contributed by atoms with van der Waals surface area (Å²) in [7, 11) is 1.55. The number of rotatable bonds is 10. The molecule has 4 nitrogen and oxygen atoms in total. The quantitative estimate of drug-likeness (QED) is 0.531. The van der Waals surface area contributed by atoms with E-state index in [0.29, 0.717) is 29.2 Å². The summed E-state index contributed by atoms with van der Waals surface area (Å²) in [5.74, 6) is 0.623. The molecule has 0 unspecified atom stereocenters. The second kappa shape index (κ2) is 10.8. The van der Waals surface area contributed by atoms with E-state index in [2.05, 4.69) is 6.58 Å². The van der Waals surface area contributed by atoms with Gasteiger partial charge in [-0.2, -0.15) is 0 Å². The van der Waals surface area contributed by atoms with Crippen molar-refractivity contribution in [2.45, 2.75) is 0 Å². The van der Waals surface area contributed by atoms with Crippen LogP contribution in [-0.2, 0) is 4.74 Å². The third-order valence-electron chi connectivity index (χ3n) is 3.33. The zero-order valence-corrected chi connectivity index (χ0v) is 14.9. The first-order valence-electron chi connectivity index (χ1n) is 8.06. The van der Waals surface area contributed by atoms with Gasteiger partial charge in [-0.15, -0.1) is 0 Å². The molecule has 27 heavy (non-hydrogen) atoms. The predicted molar refractivity (Wildman–Crippen MR) is 99.9 cm³/mol. The average molecular weight is 374 g/mol.